The summed E-state index contributed by atoms with van der Waals surface area (Å²) in [5, 5.41) is 36.1. The summed E-state index contributed by atoms with van der Waals surface area (Å²) in [7, 11) is 0. The van der Waals surface area contributed by atoms with Crippen LogP contribution in [0, 0.1) is 0 Å². The average molecular weight is 1820 g/mol. The molecule has 31 aromatic rings. The number of aromatic nitrogens is 4. The number of fused-ring (bicyclic) bond motifs is 36. The smallest absolute Gasteiger partial charge is 0.137 e. The summed E-state index contributed by atoms with van der Waals surface area (Å²) in [4.78, 5) is 0. The molecule has 0 fully saturated rings. The van der Waals surface area contributed by atoms with Crippen LogP contribution in [0.4, 0.5) is 0 Å². The molecule has 7 heterocycles. The van der Waals surface area contributed by atoms with Gasteiger partial charge in [0.2, 0.25) is 0 Å². The van der Waals surface area contributed by atoms with Gasteiger partial charge in [0.1, 0.15) is 11.2 Å². The quantitative estimate of drug-likeness (QED) is 0.158. The van der Waals surface area contributed by atoms with E-state index in [9.17, 15) is 0 Å². The van der Waals surface area contributed by atoms with E-state index in [1.165, 1.54) is 248 Å². The topological polar surface area (TPSA) is 32.9 Å². The van der Waals surface area contributed by atoms with Crippen molar-refractivity contribution >= 4 is 248 Å². The van der Waals surface area contributed by atoms with Crippen LogP contribution in [0.15, 0.2) is 478 Å². The van der Waals surface area contributed by atoms with Gasteiger partial charge in [-0.05, 0) is 219 Å². The molecule has 0 N–H and O–H groups in total. The highest BCUT2D eigenvalue weighted by Gasteiger charge is 2.37. The minimum Gasteiger partial charge on any atom is -0.456 e. The summed E-state index contributed by atoms with van der Waals surface area (Å²) in [6.07, 6.45) is 0. The first-order chi connectivity index (χ1) is 69.2. The minimum atomic E-state index is -0.0668. The van der Waals surface area contributed by atoms with Crippen molar-refractivity contribution in [3.8, 4) is 45.0 Å². The molecule has 0 amide bonds. The van der Waals surface area contributed by atoms with E-state index in [2.05, 4.69) is 493 Å². The third-order valence-corrected chi connectivity index (χ3v) is 32.4. The number of hydrogen-bond acceptors (Lipinski definition) is 3. The molecule has 0 saturated carbocycles. The molecular formula is C133H84N4OS2. The average Bonchev–Trinajstić information content (AvgIpc) is 1.53. The van der Waals surface area contributed by atoms with Crippen LogP contribution in [0.3, 0.4) is 0 Å². The molecular weight excluding hydrogens is 1730 g/mol. The molecule has 24 aromatic carbocycles. The van der Waals surface area contributed by atoms with Gasteiger partial charge in [-0.25, -0.2) is 0 Å². The van der Waals surface area contributed by atoms with Crippen LogP contribution in [0.2, 0.25) is 0 Å². The number of rotatable bonds is 5. The summed E-state index contributed by atoms with van der Waals surface area (Å²) in [5.41, 5.74) is 24.5. The van der Waals surface area contributed by atoms with Crippen LogP contribution in [0.25, 0.3) is 270 Å². The van der Waals surface area contributed by atoms with Crippen LogP contribution in [-0.2, 0) is 5.41 Å². The summed E-state index contributed by atoms with van der Waals surface area (Å²) in [5.74, 6) is 0. The van der Waals surface area contributed by atoms with Crippen molar-refractivity contribution in [2.75, 3.05) is 0 Å². The molecule has 0 atom stereocenters. The van der Waals surface area contributed by atoms with Crippen molar-refractivity contribution < 1.29 is 4.42 Å². The number of para-hydroxylation sites is 3. The van der Waals surface area contributed by atoms with Gasteiger partial charge in [-0.1, -0.05) is 360 Å². The van der Waals surface area contributed by atoms with Gasteiger partial charge in [0.15, 0.2) is 0 Å². The van der Waals surface area contributed by atoms with Crippen molar-refractivity contribution in [1.82, 2.24) is 18.3 Å². The molecule has 0 aliphatic heterocycles. The highest BCUT2D eigenvalue weighted by atomic mass is 32.1. The second-order valence-electron chi connectivity index (χ2n) is 38.0. The van der Waals surface area contributed by atoms with Crippen LogP contribution in [0.5, 0.6) is 0 Å². The first-order valence-corrected chi connectivity index (χ1v) is 49.9. The number of benzene rings is 24. The molecule has 0 bridgehead atoms. The molecule has 5 nitrogen and oxygen atoms in total. The molecule has 0 spiro atoms. The Morgan fingerprint density at radius 1 is 0.200 bits per heavy atom. The van der Waals surface area contributed by atoms with E-state index in [1.54, 1.807) is 0 Å². The number of hydrogen-bond donors (Lipinski definition) is 0. The van der Waals surface area contributed by atoms with Gasteiger partial charge in [0.05, 0.1) is 49.8 Å². The largest absolute Gasteiger partial charge is 0.456 e. The Balaban J connectivity index is 0.0000000902. The molecule has 32 rings (SSSR count). The fourth-order valence-corrected chi connectivity index (χ4v) is 25.9. The molecule has 140 heavy (non-hydrogen) atoms. The Hall–Kier alpha value is -17.5. The monoisotopic (exact) mass is 1820 g/mol. The zero-order valence-corrected chi connectivity index (χ0v) is 78.2. The molecule has 654 valence electrons. The Labute approximate surface area is 812 Å². The first kappa shape index (κ1) is 79.9. The van der Waals surface area contributed by atoms with Crippen molar-refractivity contribution in [2.45, 2.75) is 19.3 Å². The number of thiophene rings is 2. The lowest BCUT2D eigenvalue weighted by atomic mass is 9.82. The predicted octanol–water partition coefficient (Wildman–Crippen LogP) is 37.8. The zero-order chi connectivity index (χ0) is 92.1. The van der Waals surface area contributed by atoms with Gasteiger partial charge in [-0.3, -0.25) is 0 Å². The molecule has 0 saturated heterocycles. The summed E-state index contributed by atoms with van der Waals surface area (Å²) in [6, 6.07) is 173. The standard InChI is InChI=1S/C41H29N.C32H19NO.C32H19NS.C28H17NS/c1-41(2)36-19-11-10-16-31(36)34-24-35-38(25-37(34)41)42(28-22-20-27(21-23-28)26-12-4-3-5-13-26)40-33-18-9-7-15-30(33)29-14-6-8-17-32(29)39(35)40;1-2-9-22-17-23(15-13-20(22)7-1)33-28-16-14-21-8-3-4-10-24(21)32(28)27-18-26-25-11-5-6-12-30(25)34-31(26)19-29(27)33;1-2-10-22-17-29-25(16-21(22)9-1)26-18-27-24-13-5-6-15-31(24)34-32(27)19-30(26)33(29)28-14-7-11-20-8-3-4-12-23(20)28;1-2-9-19(10-3-1)29-25-13-7-6-12-21(25)23-16-24-22-15-14-18-8-4-5-11-20(18)28(22)30-27(24)17-26(23)29/h3-25H,1-2H3;2*1-19H;1-17H. The SMILES string of the molecule is CC1(C)c2ccccc2-c2cc3c4c5ccccc5c5ccccc5c4n(-c4ccc(-c5ccccc5)cc4)c3cc21.c1ccc(-n2c3ccccc3c3cc4c(cc32)sc2c3ccccc3ccc42)cc1.c1ccc2cc(-n3c4cc5oc6ccccc6c5cc4c4c5ccccc5ccc43)ccc2c1.c1ccc2cc3c(cc2c1)c1cc2c(cc1n3-c1cccc3ccccc13)sc1ccccc12. The van der Waals surface area contributed by atoms with E-state index in [1.807, 2.05) is 34.8 Å². The van der Waals surface area contributed by atoms with Crippen molar-refractivity contribution in [1.29, 1.82) is 0 Å². The molecule has 7 heteroatoms. The number of nitrogens with zero attached hydrogens (tertiary/aromatic N) is 4. The molecule has 0 unspecified atom stereocenters. The van der Waals surface area contributed by atoms with E-state index >= 15 is 0 Å². The van der Waals surface area contributed by atoms with Crippen LogP contribution in [-0.4, -0.2) is 18.3 Å². The maximum absolute atomic E-state index is 6.29. The van der Waals surface area contributed by atoms with Crippen LogP contribution in [0.1, 0.15) is 25.0 Å². The van der Waals surface area contributed by atoms with Gasteiger partial charge in [0, 0.05) is 134 Å². The lowest BCUT2D eigenvalue weighted by molar-refractivity contribution is 0.661. The van der Waals surface area contributed by atoms with E-state index in [-0.39, 0.29) is 5.41 Å². The Bertz CT molecular complexity index is 10600. The van der Waals surface area contributed by atoms with E-state index < -0.39 is 0 Å². The predicted molar refractivity (Wildman–Crippen MR) is 602 cm³/mol. The Morgan fingerprint density at radius 3 is 1.47 bits per heavy atom. The lowest BCUT2D eigenvalue weighted by Gasteiger charge is -2.21. The normalized spacial score (nSPS) is 12.6. The fourth-order valence-electron chi connectivity index (χ4n) is 23.6. The minimum absolute atomic E-state index is 0.0668. The van der Waals surface area contributed by atoms with Crippen molar-refractivity contribution in [3.63, 3.8) is 0 Å². The highest BCUT2D eigenvalue weighted by molar-refractivity contribution is 7.27. The van der Waals surface area contributed by atoms with Gasteiger partial charge in [0.25, 0.3) is 0 Å². The van der Waals surface area contributed by atoms with Crippen LogP contribution >= 0.6 is 22.7 Å². The van der Waals surface area contributed by atoms with Gasteiger partial charge < -0.3 is 22.7 Å². The summed E-state index contributed by atoms with van der Waals surface area (Å²) < 4.78 is 21.5. The maximum atomic E-state index is 6.29. The molecule has 1 aliphatic rings. The second-order valence-corrected chi connectivity index (χ2v) is 40.1. The van der Waals surface area contributed by atoms with Crippen molar-refractivity contribution in [3.05, 3.63) is 484 Å². The number of furan rings is 1. The van der Waals surface area contributed by atoms with Gasteiger partial charge in [-0.15, -0.1) is 22.7 Å². The van der Waals surface area contributed by atoms with E-state index in [4.69, 9.17) is 4.42 Å². The van der Waals surface area contributed by atoms with E-state index in [0.29, 0.717) is 0 Å². The Morgan fingerprint density at radius 2 is 0.693 bits per heavy atom. The van der Waals surface area contributed by atoms with Gasteiger partial charge >= 0.3 is 0 Å². The first-order valence-electron chi connectivity index (χ1n) is 48.2. The zero-order valence-electron chi connectivity index (χ0n) is 76.5. The fraction of sp³-hybridized carbons (Fsp3) is 0.0226. The van der Waals surface area contributed by atoms with Crippen LogP contribution < -0.4 is 0 Å². The third kappa shape index (κ3) is 12.3. The summed E-state index contributed by atoms with van der Waals surface area (Å²) >= 11 is 3.79. The highest BCUT2D eigenvalue weighted by Crippen LogP contribution is 2.54. The lowest BCUT2D eigenvalue weighted by Crippen LogP contribution is -2.14. The maximum Gasteiger partial charge on any atom is 0.137 e. The molecule has 7 aromatic heterocycles. The van der Waals surface area contributed by atoms with E-state index in [0.717, 1.165) is 33.1 Å². The molecule has 0 radical (unpaired) electrons. The summed E-state index contributed by atoms with van der Waals surface area (Å²) in [6.45, 7) is 4.74. The molecule has 1 aliphatic carbocycles. The van der Waals surface area contributed by atoms with Crippen molar-refractivity contribution in [2.24, 2.45) is 0 Å². The Kier molecular flexibility index (Phi) is 17.9. The van der Waals surface area contributed by atoms with Gasteiger partial charge in [-0.2, -0.15) is 0 Å². The third-order valence-electron chi connectivity index (χ3n) is 30.0. The second kappa shape index (κ2) is 31.3.